The van der Waals surface area contributed by atoms with Gasteiger partial charge in [0.1, 0.15) is 17.1 Å². The van der Waals surface area contributed by atoms with E-state index < -0.39 is 0 Å². The van der Waals surface area contributed by atoms with E-state index in [0.717, 1.165) is 109 Å². The van der Waals surface area contributed by atoms with E-state index in [1.54, 1.807) is 0 Å². The first-order valence-corrected chi connectivity index (χ1v) is 23.9. The Morgan fingerprint density at radius 1 is 0.420 bits per heavy atom. The number of anilines is 3. The molecule has 0 unspecified atom stereocenters. The Balaban J connectivity index is 1.04. The molecule has 0 aliphatic rings. The molecule has 0 bridgehead atoms. The smallest absolute Gasteiger partial charge is 0.224 e. The molecule has 0 aliphatic carbocycles. The number of nitrogens with zero attached hydrogens (tertiary/aromatic N) is 9. The van der Waals surface area contributed by atoms with E-state index in [2.05, 4.69) is 81.0 Å². The second-order valence-corrected chi connectivity index (χ2v) is 16.8. The van der Waals surface area contributed by atoms with Gasteiger partial charge in [0.2, 0.25) is 17.7 Å². The first kappa shape index (κ1) is 49.5. The summed E-state index contributed by atoms with van der Waals surface area (Å²) in [6.45, 7) is 12.6. The van der Waals surface area contributed by atoms with Gasteiger partial charge in [-0.2, -0.15) is 0 Å². The van der Waals surface area contributed by atoms with Crippen LogP contribution in [0.1, 0.15) is 76.0 Å². The molecule has 0 radical (unpaired) electrons. The van der Waals surface area contributed by atoms with E-state index >= 15 is 0 Å². The van der Waals surface area contributed by atoms with Crippen molar-refractivity contribution in [3.8, 4) is 33.8 Å². The predicted molar refractivity (Wildman–Crippen MR) is 269 cm³/mol. The molecule has 0 aliphatic heterocycles. The number of hydrogen-bond acceptors (Lipinski definition) is 12. The van der Waals surface area contributed by atoms with Crippen LogP contribution in [0.3, 0.4) is 0 Å². The zero-order chi connectivity index (χ0) is 48.2. The van der Waals surface area contributed by atoms with Crippen LogP contribution in [0.4, 0.5) is 17.1 Å². The van der Waals surface area contributed by atoms with Gasteiger partial charge < -0.3 is 31.9 Å². The van der Waals surface area contributed by atoms with E-state index in [0.29, 0.717) is 56.0 Å². The Labute approximate surface area is 403 Å². The number of carbonyl (C=O) groups excluding carboxylic acids is 3. The van der Waals surface area contributed by atoms with Gasteiger partial charge in [-0.05, 0) is 112 Å². The lowest BCUT2D eigenvalue weighted by molar-refractivity contribution is -0.117. The van der Waals surface area contributed by atoms with Gasteiger partial charge in [0.25, 0.3) is 0 Å². The van der Waals surface area contributed by atoms with Gasteiger partial charge in [-0.25, -0.2) is 14.0 Å². The Bertz CT molecular complexity index is 2400. The Hall–Kier alpha value is -7.41. The zero-order valence-corrected chi connectivity index (χ0v) is 39.7. The van der Waals surface area contributed by atoms with Crippen LogP contribution in [0.2, 0.25) is 0 Å². The highest BCUT2D eigenvalue weighted by Gasteiger charge is 2.13. The number of carbonyl (C=O) groups is 3. The van der Waals surface area contributed by atoms with Crippen molar-refractivity contribution in [2.45, 2.75) is 78.9 Å². The van der Waals surface area contributed by atoms with E-state index in [1.807, 2.05) is 126 Å². The topological polar surface area (TPSA) is 216 Å². The van der Waals surface area contributed by atoms with E-state index in [1.165, 1.54) is 0 Å². The quantitative estimate of drug-likeness (QED) is 0.0301. The summed E-state index contributed by atoms with van der Waals surface area (Å²) in [5.41, 5.74) is 10.0. The molecule has 360 valence electrons. The Morgan fingerprint density at radius 2 is 0.696 bits per heavy atom. The van der Waals surface area contributed by atoms with Crippen LogP contribution in [-0.2, 0) is 34.0 Å². The summed E-state index contributed by atoms with van der Waals surface area (Å²) in [6.07, 6.45) is 9.45. The standard InChI is InChI=1S/C51H63N15O3/c1-4-52-25-7-10-49(67)55-43-19-13-40(14-20-43)46-34-64(61-58-46)31-37-28-38(32-65-35-47(59-62-65)41-15-21-44(22-16-41)56-50(68)11-8-26-53-5-2)30-39(29-37)33-66-36-48(60-63-66)42-17-23-45(24-18-42)57-51(69)12-9-27-54-6-3/h13-24,28-30,34-36,52-54H,4-12,25-27,31-33H2,1-3H3,(H,55,67)(H,56,68)(H,57,69). The summed E-state index contributed by atoms with van der Waals surface area (Å²) < 4.78 is 5.43. The Kier molecular flexibility index (Phi) is 18.4. The number of benzene rings is 4. The molecule has 69 heavy (non-hydrogen) atoms. The molecule has 0 saturated heterocycles. The number of nitrogens with one attached hydrogen (secondary N) is 6. The second kappa shape index (κ2) is 25.6. The van der Waals surface area contributed by atoms with Gasteiger partial charge in [-0.1, -0.05) is 91.0 Å². The second-order valence-electron chi connectivity index (χ2n) is 16.8. The lowest BCUT2D eigenvalue weighted by Gasteiger charge is -2.10. The molecule has 6 N–H and O–H groups in total. The average molecular weight is 934 g/mol. The van der Waals surface area contributed by atoms with E-state index in [4.69, 9.17) is 0 Å². The van der Waals surface area contributed by atoms with Crippen molar-refractivity contribution in [1.82, 2.24) is 60.9 Å². The van der Waals surface area contributed by atoms with Crippen molar-refractivity contribution >= 4 is 34.8 Å². The van der Waals surface area contributed by atoms with Crippen molar-refractivity contribution in [3.63, 3.8) is 0 Å². The van der Waals surface area contributed by atoms with Crippen LogP contribution in [0, 0.1) is 0 Å². The van der Waals surface area contributed by atoms with Crippen LogP contribution >= 0.6 is 0 Å². The molecule has 7 aromatic rings. The van der Waals surface area contributed by atoms with Crippen molar-refractivity contribution in [3.05, 3.63) is 126 Å². The molecule has 18 heteroatoms. The lowest BCUT2D eigenvalue weighted by Crippen LogP contribution is -2.17. The maximum absolute atomic E-state index is 12.4. The molecular weight excluding hydrogens is 871 g/mol. The molecule has 4 aromatic carbocycles. The number of amides is 3. The number of rotatable bonds is 27. The summed E-state index contributed by atoms with van der Waals surface area (Å²) in [7, 11) is 0. The van der Waals surface area contributed by atoms with Crippen LogP contribution in [0.5, 0.6) is 0 Å². The SMILES string of the molecule is CCNCCCC(=O)Nc1ccc(-c2cn(Cc3cc(Cn4cc(-c5ccc(NC(=O)CCCNCC)cc5)nn4)cc(Cn4cc(-c5ccc(NC(=O)CCCNCC)cc5)nn4)c3)nn2)cc1. The molecule has 7 rings (SSSR count). The van der Waals surface area contributed by atoms with Gasteiger partial charge in [0.15, 0.2) is 0 Å². The summed E-state index contributed by atoms with van der Waals surface area (Å²) in [4.78, 5) is 37.3. The predicted octanol–water partition coefficient (Wildman–Crippen LogP) is 6.59. The highest BCUT2D eigenvalue weighted by Crippen LogP contribution is 2.24. The fraction of sp³-hybridized carbons (Fsp3) is 0.353. The third-order valence-corrected chi connectivity index (χ3v) is 11.2. The molecule has 3 heterocycles. The maximum atomic E-state index is 12.4. The van der Waals surface area contributed by atoms with Crippen LogP contribution in [0.15, 0.2) is 110 Å². The summed E-state index contributed by atoms with van der Waals surface area (Å²) in [5.74, 6) is -0.0392. The Morgan fingerprint density at radius 3 is 0.957 bits per heavy atom. The minimum atomic E-state index is -0.0131. The molecule has 0 spiro atoms. The van der Waals surface area contributed by atoms with Crippen molar-refractivity contribution < 1.29 is 14.4 Å². The van der Waals surface area contributed by atoms with Crippen molar-refractivity contribution in [1.29, 1.82) is 0 Å². The maximum Gasteiger partial charge on any atom is 0.224 e. The third kappa shape index (κ3) is 15.6. The average Bonchev–Trinajstić information content (AvgIpc) is 4.14. The summed E-state index contributed by atoms with van der Waals surface area (Å²) in [6, 6.07) is 29.3. The van der Waals surface area contributed by atoms with Crippen LogP contribution in [0.25, 0.3) is 33.8 Å². The monoisotopic (exact) mass is 934 g/mol. The first-order valence-electron chi connectivity index (χ1n) is 23.9. The van der Waals surface area contributed by atoms with Gasteiger partial charge >= 0.3 is 0 Å². The molecule has 0 fully saturated rings. The van der Waals surface area contributed by atoms with Crippen molar-refractivity contribution in [2.75, 3.05) is 55.2 Å². The fourth-order valence-electron chi connectivity index (χ4n) is 7.69. The van der Waals surface area contributed by atoms with Gasteiger partial charge in [0, 0.05) is 53.0 Å². The van der Waals surface area contributed by atoms with E-state index in [-0.39, 0.29) is 17.7 Å². The molecule has 0 saturated carbocycles. The molecule has 3 aromatic heterocycles. The van der Waals surface area contributed by atoms with Crippen LogP contribution in [-0.4, -0.2) is 102 Å². The highest BCUT2D eigenvalue weighted by molar-refractivity contribution is 5.92. The highest BCUT2D eigenvalue weighted by atomic mass is 16.2. The minimum absolute atomic E-state index is 0.0131. The molecule has 3 amide bonds. The van der Waals surface area contributed by atoms with Gasteiger partial charge in [-0.15, -0.1) is 15.3 Å². The fourth-order valence-corrected chi connectivity index (χ4v) is 7.69. The molecule has 0 atom stereocenters. The first-order chi connectivity index (χ1) is 33.7. The zero-order valence-electron chi connectivity index (χ0n) is 39.7. The third-order valence-electron chi connectivity index (χ3n) is 11.2. The summed E-state index contributed by atoms with van der Waals surface area (Å²) in [5, 5.41) is 45.5. The molecular formula is C51H63N15O3. The largest absolute Gasteiger partial charge is 0.326 e. The lowest BCUT2D eigenvalue weighted by atomic mass is 10.0. The summed E-state index contributed by atoms with van der Waals surface area (Å²) >= 11 is 0. The number of aromatic nitrogens is 9. The van der Waals surface area contributed by atoms with Crippen LogP contribution < -0.4 is 31.9 Å². The van der Waals surface area contributed by atoms with E-state index in [9.17, 15) is 14.4 Å². The van der Waals surface area contributed by atoms with Gasteiger partial charge in [-0.3, -0.25) is 14.4 Å². The normalized spacial score (nSPS) is 11.2. The number of hydrogen-bond donors (Lipinski definition) is 6. The van der Waals surface area contributed by atoms with Crippen molar-refractivity contribution in [2.24, 2.45) is 0 Å². The van der Waals surface area contributed by atoms with Gasteiger partial charge in [0.05, 0.1) is 38.2 Å². The molecule has 18 nitrogen and oxygen atoms in total. The minimum Gasteiger partial charge on any atom is -0.326 e.